The van der Waals surface area contributed by atoms with Crippen LogP contribution in [0.5, 0.6) is 11.5 Å². The molecule has 1 unspecified atom stereocenters. The number of halogens is 1. The quantitative estimate of drug-likeness (QED) is 0.203. The first-order valence-electron chi connectivity index (χ1n) is 13.4. The Morgan fingerprint density at radius 3 is 2.36 bits per heavy atom. The van der Waals surface area contributed by atoms with E-state index in [1.54, 1.807) is 0 Å². The topological polar surface area (TPSA) is 43.3 Å². The lowest BCUT2D eigenvalue weighted by Crippen LogP contribution is -2.28. The predicted octanol–water partition coefficient (Wildman–Crippen LogP) is 7.92. The molecule has 1 atom stereocenters. The Morgan fingerprint density at radius 1 is 0.872 bits per heavy atom. The van der Waals surface area contributed by atoms with Crippen molar-refractivity contribution in [2.45, 2.75) is 32.7 Å². The third-order valence-electron chi connectivity index (χ3n) is 6.80. The number of benzene rings is 4. The van der Waals surface area contributed by atoms with Crippen LogP contribution in [0, 0.1) is 11.7 Å². The molecule has 5 rings (SSSR count). The van der Waals surface area contributed by atoms with Crippen LogP contribution in [0.4, 0.5) is 4.39 Å². The number of para-hydroxylation sites is 2. The molecule has 0 spiro atoms. The van der Waals surface area contributed by atoms with Gasteiger partial charge in [-0.15, -0.1) is 0 Å². The second-order valence-electron chi connectivity index (χ2n) is 10.3. The molecule has 0 aliphatic carbocycles. The van der Waals surface area contributed by atoms with Gasteiger partial charge in [0.25, 0.3) is 0 Å². The molecule has 0 radical (unpaired) electrons. The zero-order chi connectivity index (χ0) is 27.2. The molecule has 1 amide bonds. The number of ether oxygens (including phenoxy) is 1. The highest BCUT2D eigenvalue weighted by Crippen LogP contribution is 2.37. The highest BCUT2D eigenvalue weighted by Gasteiger charge is 2.23. The van der Waals surface area contributed by atoms with E-state index in [9.17, 15) is 9.18 Å². The molecule has 1 aromatic heterocycles. The molecule has 39 heavy (non-hydrogen) atoms. The van der Waals surface area contributed by atoms with E-state index in [-0.39, 0.29) is 17.6 Å². The summed E-state index contributed by atoms with van der Waals surface area (Å²) in [4.78, 5) is 13.2. The summed E-state index contributed by atoms with van der Waals surface area (Å²) in [6.45, 7) is 5.41. The normalized spacial score (nSPS) is 12.0. The first-order chi connectivity index (χ1) is 19.0. The maximum atomic E-state index is 13.5. The molecule has 4 aromatic carbocycles. The monoisotopic (exact) mass is 520 g/mol. The number of hydrogen-bond acceptors (Lipinski definition) is 2. The molecular weight excluding hydrogens is 487 g/mol. The molecule has 5 heteroatoms. The second-order valence-corrected chi connectivity index (χ2v) is 10.3. The molecule has 1 N–H and O–H groups in total. The van der Waals surface area contributed by atoms with E-state index in [0.29, 0.717) is 25.4 Å². The minimum atomic E-state index is -0.248. The first kappa shape index (κ1) is 26.2. The molecule has 0 saturated heterocycles. The molecule has 0 aliphatic heterocycles. The highest BCUT2D eigenvalue weighted by molar-refractivity contribution is 5.87. The van der Waals surface area contributed by atoms with Gasteiger partial charge < -0.3 is 14.6 Å². The minimum Gasteiger partial charge on any atom is -0.457 e. The van der Waals surface area contributed by atoms with Crippen molar-refractivity contribution in [3.8, 4) is 11.5 Å². The van der Waals surface area contributed by atoms with Crippen molar-refractivity contribution < 1.29 is 13.9 Å². The van der Waals surface area contributed by atoms with Gasteiger partial charge in [0.1, 0.15) is 17.3 Å². The van der Waals surface area contributed by atoms with Crippen molar-refractivity contribution in [1.82, 2.24) is 9.88 Å². The Hall–Kier alpha value is -4.38. The van der Waals surface area contributed by atoms with Crippen LogP contribution in [0.2, 0.25) is 0 Å². The van der Waals surface area contributed by atoms with Gasteiger partial charge >= 0.3 is 0 Å². The summed E-state index contributed by atoms with van der Waals surface area (Å²) in [6.07, 6.45) is 2.45. The smallest absolute Gasteiger partial charge is 0.220 e. The first-order valence-corrected chi connectivity index (χ1v) is 13.4. The summed E-state index contributed by atoms with van der Waals surface area (Å²) in [5, 5.41) is 4.19. The number of fused-ring (bicyclic) bond motifs is 1. The second kappa shape index (κ2) is 12.0. The summed E-state index contributed by atoms with van der Waals surface area (Å²) >= 11 is 0. The number of amides is 1. The molecule has 5 aromatic rings. The lowest BCUT2D eigenvalue weighted by Gasteiger charge is -2.19. The van der Waals surface area contributed by atoms with Crippen LogP contribution in [0.25, 0.3) is 10.9 Å². The van der Waals surface area contributed by atoms with Crippen molar-refractivity contribution in [1.29, 1.82) is 0 Å². The summed E-state index contributed by atoms with van der Waals surface area (Å²) in [6, 6.07) is 32.5. The van der Waals surface area contributed by atoms with Crippen molar-refractivity contribution >= 4 is 16.8 Å². The lowest BCUT2D eigenvalue weighted by atomic mass is 9.88. The van der Waals surface area contributed by atoms with E-state index >= 15 is 0 Å². The van der Waals surface area contributed by atoms with E-state index in [1.165, 1.54) is 12.1 Å². The van der Waals surface area contributed by atoms with E-state index in [1.807, 2.05) is 72.8 Å². The third kappa shape index (κ3) is 6.55. The zero-order valence-electron chi connectivity index (χ0n) is 22.3. The minimum absolute atomic E-state index is 0.0125. The third-order valence-corrected chi connectivity index (χ3v) is 6.80. The Balaban J connectivity index is 1.54. The predicted molar refractivity (Wildman–Crippen MR) is 155 cm³/mol. The summed E-state index contributed by atoms with van der Waals surface area (Å²) in [5.41, 5.74) is 4.16. The Morgan fingerprint density at radius 2 is 1.59 bits per heavy atom. The average molecular weight is 521 g/mol. The highest BCUT2D eigenvalue weighted by atomic mass is 19.1. The molecule has 1 heterocycles. The molecule has 0 fully saturated rings. The van der Waals surface area contributed by atoms with Crippen LogP contribution in [-0.4, -0.2) is 17.0 Å². The zero-order valence-corrected chi connectivity index (χ0v) is 22.3. The average Bonchev–Trinajstić information content (AvgIpc) is 3.30. The van der Waals surface area contributed by atoms with Crippen molar-refractivity contribution in [2.75, 3.05) is 6.54 Å². The van der Waals surface area contributed by atoms with E-state index in [2.05, 4.69) is 48.1 Å². The van der Waals surface area contributed by atoms with Crippen molar-refractivity contribution in [2.24, 2.45) is 5.92 Å². The molecule has 4 nitrogen and oxygen atoms in total. The standard InChI is InChI=1S/C34H33FN2O2/c1-24(2)21-36-34(38)20-31(26-9-8-12-29(19-26)39-28-10-4-3-5-11-28)32-23-37(33-14-7-6-13-30(32)33)22-25-15-17-27(35)18-16-25/h3-19,23-24,31H,20-22H2,1-2H3,(H,36,38). The summed E-state index contributed by atoms with van der Waals surface area (Å²) in [7, 11) is 0. The molecule has 0 saturated carbocycles. The van der Waals surface area contributed by atoms with E-state index < -0.39 is 0 Å². The number of nitrogens with zero attached hydrogens (tertiary/aromatic N) is 1. The van der Waals surface area contributed by atoms with Gasteiger partial charge in [0.05, 0.1) is 0 Å². The molecular formula is C34H33FN2O2. The number of hydrogen-bond donors (Lipinski definition) is 1. The van der Waals surface area contributed by atoms with Crippen LogP contribution in [-0.2, 0) is 11.3 Å². The summed E-state index contributed by atoms with van der Waals surface area (Å²) in [5.74, 6) is 1.43. The van der Waals surface area contributed by atoms with Gasteiger partial charge in [-0.1, -0.05) is 74.5 Å². The Bertz CT molecular complexity index is 1540. The fourth-order valence-corrected chi connectivity index (χ4v) is 4.87. The largest absolute Gasteiger partial charge is 0.457 e. The van der Waals surface area contributed by atoms with Crippen LogP contribution in [0.1, 0.15) is 42.9 Å². The van der Waals surface area contributed by atoms with Crippen molar-refractivity contribution in [3.05, 3.63) is 132 Å². The van der Waals surface area contributed by atoms with Gasteiger partial charge in [-0.2, -0.15) is 0 Å². The molecule has 0 aliphatic rings. The van der Waals surface area contributed by atoms with Gasteiger partial charge in [-0.25, -0.2) is 4.39 Å². The van der Waals surface area contributed by atoms with Crippen LogP contribution in [0.15, 0.2) is 109 Å². The fraction of sp³-hybridized carbons (Fsp3) is 0.206. The summed E-state index contributed by atoms with van der Waals surface area (Å²) < 4.78 is 21.8. The number of nitrogens with one attached hydrogen (secondary N) is 1. The van der Waals surface area contributed by atoms with Crippen LogP contribution >= 0.6 is 0 Å². The Labute approximate surface area is 229 Å². The van der Waals surface area contributed by atoms with Gasteiger partial charge in [0.15, 0.2) is 0 Å². The van der Waals surface area contributed by atoms with Gasteiger partial charge in [-0.05, 0) is 65.1 Å². The van der Waals surface area contributed by atoms with Crippen LogP contribution < -0.4 is 10.1 Å². The van der Waals surface area contributed by atoms with Gasteiger partial charge in [0.2, 0.25) is 5.91 Å². The lowest BCUT2D eigenvalue weighted by molar-refractivity contribution is -0.121. The van der Waals surface area contributed by atoms with Crippen molar-refractivity contribution in [3.63, 3.8) is 0 Å². The Kier molecular flexibility index (Phi) is 8.07. The number of aromatic nitrogens is 1. The SMILES string of the molecule is CC(C)CNC(=O)CC(c1cccc(Oc2ccccc2)c1)c1cn(Cc2ccc(F)cc2)c2ccccc12. The maximum absolute atomic E-state index is 13.5. The fourth-order valence-electron chi connectivity index (χ4n) is 4.87. The van der Waals surface area contributed by atoms with E-state index in [4.69, 9.17) is 4.74 Å². The number of rotatable bonds is 10. The van der Waals surface area contributed by atoms with Crippen LogP contribution in [0.3, 0.4) is 0 Å². The number of carbonyl (C=O) groups excluding carboxylic acids is 1. The maximum Gasteiger partial charge on any atom is 0.220 e. The molecule has 0 bridgehead atoms. The molecule has 198 valence electrons. The number of carbonyl (C=O) groups is 1. The van der Waals surface area contributed by atoms with E-state index in [0.717, 1.165) is 39.1 Å². The van der Waals surface area contributed by atoms with Gasteiger partial charge in [-0.3, -0.25) is 4.79 Å². The van der Waals surface area contributed by atoms with Gasteiger partial charge in [0, 0.05) is 42.5 Å².